The molecule has 0 radical (unpaired) electrons. The van der Waals surface area contributed by atoms with Crippen LogP contribution in [0.1, 0.15) is 20.8 Å². The van der Waals surface area contributed by atoms with Gasteiger partial charge in [0.05, 0.1) is 18.8 Å². The lowest BCUT2D eigenvalue weighted by Gasteiger charge is -2.32. The van der Waals surface area contributed by atoms with Crippen molar-refractivity contribution in [2.75, 3.05) is 20.3 Å². The molecule has 0 rings (SSSR count). The first-order valence-corrected chi connectivity index (χ1v) is 4.62. The molecule has 0 aliphatic carbocycles. The van der Waals surface area contributed by atoms with Crippen LogP contribution >= 0.6 is 0 Å². The molecule has 0 amide bonds. The van der Waals surface area contributed by atoms with E-state index < -0.39 is 0 Å². The predicted molar refractivity (Wildman–Crippen MR) is 54.7 cm³/mol. The molecular formula is C10H19NO3. The van der Waals surface area contributed by atoms with Crippen molar-refractivity contribution < 1.29 is 14.6 Å². The third kappa shape index (κ3) is 4.28. The molecule has 1 N–H and O–H groups in total. The van der Waals surface area contributed by atoms with Crippen molar-refractivity contribution in [3.63, 3.8) is 0 Å². The molecule has 0 atom stereocenters. The van der Waals surface area contributed by atoms with E-state index in [1.165, 1.54) is 6.08 Å². The summed E-state index contributed by atoms with van der Waals surface area (Å²) in [6, 6.07) is 0. The SMILES string of the molecule is CCOC(=O)/C=C/N(C)C(C)(C)CO. The van der Waals surface area contributed by atoms with E-state index in [1.807, 2.05) is 13.8 Å². The van der Waals surface area contributed by atoms with Gasteiger partial charge in [0.2, 0.25) is 0 Å². The third-order valence-electron chi connectivity index (χ3n) is 2.06. The van der Waals surface area contributed by atoms with Crippen LogP contribution in [0.2, 0.25) is 0 Å². The van der Waals surface area contributed by atoms with Crippen molar-refractivity contribution in [2.24, 2.45) is 0 Å². The normalized spacial score (nSPS) is 11.8. The van der Waals surface area contributed by atoms with Gasteiger partial charge in [0, 0.05) is 19.3 Å². The van der Waals surface area contributed by atoms with Gasteiger partial charge in [-0.05, 0) is 20.8 Å². The standard InChI is InChI=1S/C10H19NO3/c1-5-14-9(13)6-7-11(4)10(2,3)8-12/h6-7,12H,5,8H2,1-4H3/b7-6+. The summed E-state index contributed by atoms with van der Waals surface area (Å²) in [5.74, 6) is -0.368. The minimum absolute atomic E-state index is 0.0245. The van der Waals surface area contributed by atoms with Crippen molar-refractivity contribution in [1.29, 1.82) is 0 Å². The molecule has 14 heavy (non-hydrogen) atoms. The highest BCUT2D eigenvalue weighted by molar-refractivity contribution is 5.81. The Morgan fingerprint density at radius 2 is 2.14 bits per heavy atom. The van der Waals surface area contributed by atoms with Crippen LogP contribution in [0.25, 0.3) is 0 Å². The minimum atomic E-state index is -0.372. The monoisotopic (exact) mass is 201 g/mol. The third-order valence-corrected chi connectivity index (χ3v) is 2.06. The number of carbonyl (C=O) groups excluding carboxylic acids is 1. The van der Waals surface area contributed by atoms with Crippen LogP contribution in [0, 0.1) is 0 Å². The summed E-state index contributed by atoms with van der Waals surface area (Å²) >= 11 is 0. The highest BCUT2D eigenvalue weighted by Gasteiger charge is 2.19. The Morgan fingerprint density at radius 3 is 2.57 bits per heavy atom. The van der Waals surface area contributed by atoms with E-state index in [-0.39, 0.29) is 18.1 Å². The molecule has 0 heterocycles. The zero-order chi connectivity index (χ0) is 11.2. The Bertz CT molecular complexity index is 211. The molecule has 0 fully saturated rings. The van der Waals surface area contributed by atoms with E-state index >= 15 is 0 Å². The Labute approximate surface area is 85.2 Å². The lowest BCUT2D eigenvalue weighted by atomic mass is 10.1. The second-order valence-electron chi connectivity index (χ2n) is 3.65. The maximum atomic E-state index is 11.0. The van der Waals surface area contributed by atoms with E-state index in [4.69, 9.17) is 9.84 Å². The van der Waals surface area contributed by atoms with Crippen molar-refractivity contribution in [1.82, 2.24) is 4.90 Å². The zero-order valence-corrected chi connectivity index (χ0v) is 9.28. The molecule has 0 aliphatic rings. The Morgan fingerprint density at radius 1 is 1.57 bits per heavy atom. The van der Waals surface area contributed by atoms with Crippen molar-refractivity contribution >= 4 is 5.97 Å². The fourth-order valence-corrected chi connectivity index (χ4v) is 0.676. The molecule has 0 aromatic carbocycles. The minimum Gasteiger partial charge on any atom is -0.463 e. The average Bonchev–Trinajstić information content (AvgIpc) is 2.14. The van der Waals surface area contributed by atoms with Crippen LogP contribution in [-0.2, 0) is 9.53 Å². The van der Waals surface area contributed by atoms with Gasteiger partial charge < -0.3 is 14.7 Å². The molecule has 0 bridgehead atoms. The predicted octanol–water partition coefficient (Wildman–Crippen LogP) is 0.766. The number of esters is 1. The molecule has 4 heteroatoms. The molecule has 4 nitrogen and oxygen atoms in total. The van der Waals surface area contributed by atoms with Gasteiger partial charge >= 0.3 is 5.97 Å². The summed E-state index contributed by atoms with van der Waals surface area (Å²) in [5.41, 5.74) is -0.372. The zero-order valence-electron chi connectivity index (χ0n) is 9.28. The van der Waals surface area contributed by atoms with Gasteiger partial charge in [-0.2, -0.15) is 0 Å². The molecule has 0 aromatic rings. The summed E-state index contributed by atoms with van der Waals surface area (Å²) in [7, 11) is 1.80. The number of aliphatic hydroxyl groups excluding tert-OH is 1. The Kier molecular flexibility index (Phi) is 5.23. The lowest BCUT2D eigenvalue weighted by Crippen LogP contribution is -2.40. The summed E-state index contributed by atoms with van der Waals surface area (Å²) in [4.78, 5) is 12.7. The van der Waals surface area contributed by atoms with Gasteiger partial charge in [0.25, 0.3) is 0 Å². The van der Waals surface area contributed by atoms with Crippen LogP contribution in [0.3, 0.4) is 0 Å². The van der Waals surface area contributed by atoms with Crippen molar-refractivity contribution in [3.05, 3.63) is 12.3 Å². The van der Waals surface area contributed by atoms with Gasteiger partial charge in [-0.3, -0.25) is 0 Å². The molecule has 0 spiro atoms. The van der Waals surface area contributed by atoms with Gasteiger partial charge in [0.1, 0.15) is 0 Å². The summed E-state index contributed by atoms with van der Waals surface area (Å²) in [5, 5.41) is 9.04. The fraction of sp³-hybridized carbons (Fsp3) is 0.700. The summed E-state index contributed by atoms with van der Waals surface area (Å²) in [6.45, 7) is 5.91. The van der Waals surface area contributed by atoms with Crippen LogP contribution in [0.4, 0.5) is 0 Å². The second kappa shape index (κ2) is 5.65. The van der Waals surface area contributed by atoms with Crippen molar-refractivity contribution in [2.45, 2.75) is 26.3 Å². The molecule has 0 saturated carbocycles. The Hall–Kier alpha value is -1.03. The first-order chi connectivity index (χ1) is 6.44. The van der Waals surface area contributed by atoms with Crippen molar-refractivity contribution in [3.8, 4) is 0 Å². The highest BCUT2D eigenvalue weighted by atomic mass is 16.5. The van der Waals surface area contributed by atoms with Gasteiger partial charge in [-0.15, -0.1) is 0 Å². The van der Waals surface area contributed by atoms with Crippen LogP contribution in [0.15, 0.2) is 12.3 Å². The number of ether oxygens (including phenoxy) is 1. The topological polar surface area (TPSA) is 49.8 Å². The number of hydrogen-bond donors (Lipinski definition) is 1. The lowest BCUT2D eigenvalue weighted by molar-refractivity contribution is -0.137. The van der Waals surface area contributed by atoms with Crippen LogP contribution < -0.4 is 0 Å². The maximum absolute atomic E-state index is 11.0. The average molecular weight is 201 g/mol. The number of aliphatic hydroxyl groups is 1. The van der Waals surface area contributed by atoms with E-state index in [0.29, 0.717) is 6.61 Å². The summed E-state index contributed by atoms with van der Waals surface area (Å²) in [6.07, 6.45) is 2.95. The van der Waals surface area contributed by atoms with Gasteiger partial charge in [0.15, 0.2) is 0 Å². The second-order valence-corrected chi connectivity index (χ2v) is 3.65. The van der Waals surface area contributed by atoms with Crippen LogP contribution in [0.5, 0.6) is 0 Å². The molecule has 0 aliphatic heterocycles. The molecule has 82 valence electrons. The molecule has 0 unspecified atom stereocenters. The molecule has 0 aromatic heterocycles. The first-order valence-electron chi connectivity index (χ1n) is 4.62. The van der Waals surface area contributed by atoms with E-state index in [1.54, 1.807) is 25.1 Å². The number of rotatable bonds is 5. The van der Waals surface area contributed by atoms with Crippen LogP contribution in [-0.4, -0.2) is 41.8 Å². The molecule has 0 saturated heterocycles. The fourth-order valence-electron chi connectivity index (χ4n) is 0.676. The van der Waals surface area contributed by atoms with E-state index in [2.05, 4.69) is 0 Å². The smallest absolute Gasteiger partial charge is 0.332 e. The number of likely N-dealkylation sites (N-methyl/N-ethyl adjacent to an activating group) is 1. The first kappa shape index (κ1) is 13.0. The quantitative estimate of drug-likeness (QED) is 0.527. The van der Waals surface area contributed by atoms with E-state index in [0.717, 1.165) is 0 Å². The molecular weight excluding hydrogens is 182 g/mol. The summed E-state index contributed by atoms with van der Waals surface area (Å²) < 4.78 is 4.72. The van der Waals surface area contributed by atoms with Gasteiger partial charge in [-0.25, -0.2) is 4.79 Å². The Balaban J connectivity index is 4.17. The largest absolute Gasteiger partial charge is 0.463 e. The number of nitrogens with zero attached hydrogens (tertiary/aromatic N) is 1. The maximum Gasteiger partial charge on any atom is 0.332 e. The number of hydrogen-bond acceptors (Lipinski definition) is 4. The highest BCUT2D eigenvalue weighted by Crippen LogP contribution is 2.10. The van der Waals surface area contributed by atoms with Gasteiger partial charge in [-0.1, -0.05) is 0 Å². The van der Waals surface area contributed by atoms with E-state index in [9.17, 15) is 4.79 Å². The number of carbonyl (C=O) groups is 1.